The van der Waals surface area contributed by atoms with Gasteiger partial charge in [0.25, 0.3) is 11.5 Å². The van der Waals surface area contributed by atoms with Crippen LogP contribution >= 0.6 is 0 Å². The Bertz CT molecular complexity index is 1760. The molecule has 212 valence electrons. The summed E-state index contributed by atoms with van der Waals surface area (Å²) in [4.78, 5) is 34.6. The van der Waals surface area contributed by atoms with Gasteiger partial charge in [0.05, 0.1) is 19.2 Å². The normalized spacial score (nSPS) is 12.4. The van der Waals surface area contributed by atoms with Crippen molar-refractivity contribution < 1.29 is 18.7 Å². The Morgan fingerprint density at radius 1 is 1.07 bits per heavy atom. The van der Waals surface area contributed by atoms with Crippen molar-refractivity contribution in [2.75, 3.05) is 13.1 Å². The van der Waals surface area contributed by atoms with E-state index in [4.69, 9.17) is 15.1 Å². The summed E-state index contributed by atoms with van der Waals surface area (Å²) < 4.78 is 21.7. The van der Waals surface area contributed by atoms with Gasteiger partial charge in [-0.15, -0.1) is 0 Å². The number of hydrogen-bond acceptors (Lipinski definition) is 6. The second-order valence-electron chi connectivity index (χ2n) is 10.6. The lowest BCUT2D eigenvalue weighted by molar-refractivity contribution is 0.0612. The number of nitrogens with two attached hydrogens (primary N) is 1. The number of benzene rings is 3. The molecule has 0 saturated heterocycles. The van der Waals surface area contributed by atoms with Crippen molar-refractivity contribution in [3.05, 3.63) is 111 Å². The highest BCUT2D eigenvalue weighted by Crippen LogP contribution is 2.32. The zero-order valence-corrected chi connectivity index (χ0v) is 23.3. The van der Waals surface area contributed by atoms with Crippen molar-refractivity contribution in [3.63, 3.8) is 0 Å². The van der Waals surface area contributed by atoms with Gasteiger partial charge in [0.2, 0.25) is 5.58 Å². The van der Waals surface area contributed by atoms with Gasteiger partial charge in [0, 0.05) is 24.0 Å². The molecule has 5 rings (SSSR count). The number of hydrogen-bond donors (Lipinski definition) is 2. The minimum absolute atomic E-state index is 0.0130. The van der Waals surface area contributed by atoms with Crippen LogP contribution in [0.15, 0.2) is 75.9 Å². The Balaban J connectivity index is 1.75. The Hall–Kier alpha value is -4.34. The van der Waals surface area contributed by atoms with Crippen LogP contribution in [0.25, 0.3) is 22.1 Å². The van der Waals surface area contributed by atoms with Crippen LogP contribution in [0.1, 0.15) is 52.8 Å². The van der Waals surface area contributed by atoms with E-state index in [1.54, 1.807) is 29.2 Å². The number of carbonyl (C=O) groups is 1. The van der Waals surface area contributed by atoms with Crippen LogP contribution in [-0.4, -0.2) is 38.6 Å². The number of fused-ring (bicyclic) bond motifs is 3. The van der Waals surface area contributed by atoms with E-state index in [1.807, 2.05) is 45.0 Å². The molecule has 0 saturated carbocycles. The molecule has 5 aromatic rings. The molecule has 2 aromatic heterocycles. The van der Waals surface area contributed by atoms with Gasteiger partial charge < -0.3 is 20.2 Å². The average molecular weight is 557 g/mol. The smallest absolute Gasteiger partial charge is 0.297 e. The number of carbonyl (C=O) groups excluding carboxylic acids is 1. The number of aliphatic hydroxyl groups is 1. The highest BCUT2D eigenvalue weighted by molar-refractivity contribution is 6.02. The number of aliphatic hydroxyl groups excluding tert-OH is 1. The summed E-state index contributed by atoms with van der Waals surface area (Å²) in [7, 11) is 0. The van der Waals surface area contributed by atoms with E-state index in [0.29, 0.717) is 22.4 Å². The summed E-state index contributed by atoms with van der Waals surface area (Å²) in [6.45, 7) is 6.35. The summed E-state index contributed by atoms with van der Waals surface area (Å²) in [6, 6.07) is 18.0. The van der Waals surface area contributed by atoms with Crippen molar-refractivity contribution in [1.82, 2.24) is 14.5 Å². The fourth-order valence-corrected chi connectivity index (χ4v) is 5.19. The molecule has 1 amide bonds. The van der Waals surface area contributed by atoms with Crippen molar-refractivity contribution >= 4 is 28.0 Å². The third-order valence-electron chi connectivity index (χ3n) is 7.27. The number of amides is 1. The van der Waals surface area contributed by atoms with Gasteiger partial charge >= 0.3 is 0 Å². The second-order valence-corrected chi connectivity index (χ2v) is 10.6. The lowest BCUT2D eigenvalue weighted by Gasteiger charge is -2.35. The van der Waals surface area contributed by atoms with Crippen LogP contribution in [0.3, 0.4) is 0 Å². The van der Waals surface area contributed by atoms with E-state index in [9.17, 15) is 19.1 Å². The first-order valence-corrected chi connectivity index (χ1v) is 13.6. The van der Waals surface area contributed by atoms with Crippen LogP contribution in [-0.2, 0) is 13.2 Å². The van der Waals surface area contributed by atoms with Crippen LogP contribution in [0.5, 0.6) is 0 Å². The molecule has 1 unspecified atom stereocenters. The third kappa shape index (κ3) is 5.51. The van der Waals surface area contributed by atoms with Gasteiger partial charge in [-0.1, -0.05) is 55.8 Å². The second kappa shape index (κ2) is 11.6. The molecule has 0 radical (unpaired) electrons. The van der Waals surface area contributed by atoms with Crippen LogP contribution in [0.2, 0.25) is 0 Å². The molecular weight excluding hydrogens is 523 g/mol. The van der Waals surface area contributed by atoms with E-state index >= 15 is 0 Å². The summed E-state index contributed by atoms with van der Waals surface area (Å²) >= 11 is 0. The Morgan fingerprint density at radius 2 is 1.76 bits per heavy atom. The quantitative estimate of drug-likeness (QED) is 0.266. The van der Waals surface area contributed by atoms with E-state index in [0.717, 1.165) is 16.7 Å². The SMILES string of the molecule is Cc1ccc(C(=O)N(CCN)C(c2nc3c(oc4ccc(F)cc43)c(=O)n2Cc2ccc(CO)cc2)C(C)C)cc1. The molecule has 1 atom stereocenters. The first-order chi connectivity index (χ1) is 19.7. The lowest BCUT2D eigenvalue weighted by atomic mass is 9.99. The van der Waals surface area contributed by atoms with E-state index in [1.165, 1.54) is 22.8 Å². The maximum atomic E-state index is 14.3. The Labute approximate surface area is 236 Å². The maximum Gasteiger partial charge on any atom is 0.297 e. The summed E-state index contributed by atoms with van der Waals surface area (Å²) in [5.74, 6) is -0.523. The molecule has 8 nitrogen and oxygen atoms in total. The summed E-state index contributed by atoms with van der Waals surface area (Å²) in [6.07, 6.45) is 0. The lowest BCUT2D eigenvalue weighted by Crippen LogP contribution is -2.43. The van der Waals surface area contributed by atoms with E-state index < -0.39 is 17.4 Å². The number of aromatic nitrogens is 2. The van der Waals surface area contributed by atoms with E-state index in [2.05, 4.69) is 0 Å². The molecule has 0 aliphatic carbocycles. The minimum atomic E-state index is -0.639. The molecule has 0 spiro atoms. The molecule has 2 heterocycles. The number of aryl methyl sites for hydroxylation is 1. The first-order valence-electron chi connectivity index (χ1n) is 13.6. The van der Waals surface area contributed by atoms with Gasteiger partial charge in [0.1, 0.15) is 22.7 Å². The Kier molecular flexibility index (Phi) is 8.01. The van der Waals surface area contributed by atoms with Crippen LogP contribution in [0.4, 0.5) is 4.39 Å². The number of nitrogens with zero attached hydrogens (tertiary/aromatic N) is 3. The van der Waals surface area contributed by atoms with Gasteiger partial charge in [-0.2, -0.15) is 0 Å². The zero-order chi connectivity index (χ0) is 29.3. The number of furan rings is 1. The van der Waals surface area contributed by atoms with Gasteiger partial charge in [-0.05, 0) is 54.3 Å². The monoisotopic (exact) mass is 556 g/mol. The largest absolute Gasteiger partial charge is 0.448 e. The van der Waals surface area contributed by atoms with Crippen LogP contribution < -0.4 is 11.3 Å². The highest BCUT2D eigenvalue weighted by Gasteiger charge is 2.33. The molecule has 3 aromatic carbocycles. The molecule has 0 aliphatic rings. The molecule has 0 aliphatic heterocycles. The third-order valence-corrected chi connectivity index (χ3v) is 7.27. The fraction of sp³-hybridized carbons (Fsp3) is 0.281. The van der Waals surface area contributed by atoms with Gasteiger partial charge in [-0.3, -0.25) is 14.2 Å². The molecule has 9 heteroatoms. The average Bonchev–Trinajstić information content (AvgIpc) is 3.32. The van der Waals surface area contributed by atoms with Crippen molar-refractivity contribution in [1.29, 1.82) is 0 Å². The van der Waals surface area contributed by atoms with Gasteiger partial charge in [-0.25, -0.2) is 9.37 Å². The molecule has 3 N–H and O–H groups in total. The molecule has 0 bridgehead atoms. The highest BCUT2D eigenvalue weighted by atomic mass is 19.1. The van der Waals surface area contributed by atoms with Crippen LogP contribution in [0, 0.1) is 18.7 Å². The summed E-state index contributed by atoms with van der Waals surface area (Å²) in [5, 5.41) is 9.85. The van der Waals surface area contributed by atoms with Crippen molar-refractivity contribution in [3.8, 4) is 0 Å². The predicted octanol–water partition coefficient (Wildman–Crippen LogP) is 4.93. The summed E-state index contributed by atoms with van der Waals surface area (Å²) in [5.41, 5.74) is 9.24. The zero-order valence-electron chi connectivity index (χ0n) is 23.3. The van der Waals surface area contributed by atoms with Crippen molar-refractivity contribution in [2.45, 2.75) is 40.0 Å². The molecule has 0 fully saturated rings. The minimum Gasteiger partial charge on any atom is -0.448 e. The van der Waals surface area contributed by atoms with Crippen molar-refractivity contribution in [2.24, 2.45) is 11.7 Å². The Morgan fingerprint density at radius 3 is 2.39 bits per heavy atom. The number of rotatable bonds is 9. The molecule has 41 heavy (non-hydrogen) atoms. The topological polar surface area (TPSA) is 115 Å². The van der Waals surface area contributed by atoms with E-state index in [-0.39, 0.29) is 49.2 Å². The number of halogens is 1. The fourth-order valence-electron chi connectivity index (χ4n) is 5.19. The molecular formula is C32H33FN4O4. The standard InChI is InChI=1S/C32H33FN4O4/c1-19(2)28(36(15-14-34)31(39)23-10-4-20(3)5-11-23)30-35-27-25-16-24(33)12-13-26(25)41-29(27)32(40)37(30)17-21-6-8-22(18-38)9-7-21/h4-13,16,19,28,38H,14-15,17-18,34H2,1-3H3. The first kappa shape index (κ1) is 28.2. The predicted molar refractivity (Wildman–Crippen MR) is 156 cm³/mol. The van der Waals surface area contributed by atoms with Gasteiger partial charge in [0.15, 0.2) is 0 Å². The maximum absolute atomic E-state index is 14.3.